The number of ether oxygens (including phenoxy) is 1. The molecule has 2 aliphatic heterocycles. The fourth-order valence-corrected chi connectivity index (χ4v) is 5.94. The van der Waals surface area contributed by atoms with Crippen LogP contribution in [0.3, 0.4) is 0 Å². The number of methoxy groups -OCH3 is 1. The van der Waals surface area contributed by atoms with Gasteiger partial charge in [0.2, 0.25) is 5.91 Å². The number of para-hydroxylation sites is 2. The van der Waals surface area contributed by atoms with Gasteiger partial charge in [-0.05, 0) is 67.1 Å². The SMILES string of the molecule is CCc1ccc(C(=O)N2CCC3(CC2)C(=O)N(CC(=O)NCCc2ccccc2OC)CN3c2ccccc2)cc1. The number of likely N-dealkylation sites (tertiary alicyclic amines) is 1. The van der Waals surface area contributed by atoms with Gasteiger partial charge in [0.25, 0.3) is 11.8 Å². The number of aryl methyl sites for hydroxylation is 1. The van der Waals surface area contributed by atoms with E-state index in [1.54, 1.807) is 12.0 Å². The van der Waals surface area contributed by atoms with Crippen molar-refractivity contribution in [2.24, 2.45) is 0 Å². The van der Waals surface area contributed by atoms with Gasteiger partial charge in [0.15, 0.2) is 0 Å². The lowest BCUT2D eigenvalue weighted by molar-refractivity contribution is -0.137. The topological polar surface area (TPSA) is 82.2 Å². The Kier molecular flexibility index (Phi) is 8.57. The second-order valence-corrected chi connectivity index (χ2v) is 10.7. The fraction of sp³-hybridized carbons (Fsp3) is 0.364. The number of carbonyl (C=O) groups excluding carboxylic acids is 3. The lowest BCUT2D eigenvalue weighted by Crippen LogP contribution is -2.57. The van der Waals surface area contributed by atoms with Crippen molar-refractivity contribution in [3.05, 3.63) is 95.6 Å². The van der Waals surface area contributed by atoms with Crippen LogP contribution in [0.1, 0.15) is 41.3 Å². The van der Waals surface area contributed by atoms with Gasteiger partial charge < -0.3 is 24.8 Å². The van der Waals surface area contributed by atoms with E-state index in [1.807, 2.05) is 83.8 Å². The Morgan fingerprint density at radius 3 is 2.29 bits per heavy atom. The minimum absolute atomic E-state index is 0.00881. The van der Waals surface area contributed by atoms with Crippen LogP contribution in [0, 0.1) is 0 Å². The van der Waals surface area contributed by atoms with E-state index in [0.29, 0.717) is 51.1 Å². The molecule has 8 nitrogen and oxygen atoms in total. The van der Waals surface area contributed by atoms with Gasteiger partial charge in [-0.15, -0.1) is 0 Å². The number of hydrogen-bond acceptors (Lipinski definition) is 5. The Labute approximate surface area is 241 Å². The van der Waals surface area contributed by atoms with Crippen LogP contribution in [0.15, 0.2) is 78.9 Å². The van der Waals surface area contributed by atoms with E-state index in [2.05, 4.69) is 17.1 Å². The number of nitrogens with one attached hydrogen (secondary N) is 1. The van der Waals surface area contributed by atoms with Crippen LogP contribution in [-0.4, -0.2) is 73.0 Å². The highest BCUT2D eigenvalue weighted by Gasteiger charge is 2.54. The molecular weight excluding hydrogens is 516 g/mol. The number of amides is 3. The number of hydrogen-bond donors (Lipinski definition) is 1. The maximum absolute atomic E-state index is 14.0. The number of rotatable bonds is 9. The molecule has 214 valence electrons. The molecule has 2 fully saturated rings. The summed E-state index contributed by atoms with van der Waals surface area (Å²) in [5.41, 5.74) is 3.03. The molecule has 2 saturated heterocycles. The van der Waals surface area contributed by atoms with Crippen molar-refractivity contribution in [2.75, 3.05) is 44.9 Å². The molecule has 2 heterocycles. The first-order valence-corrected chi connectivity index (χ1v) is 14.3. The second kappa shape index (κ2) is 12.5. The quantitative estimate of drug-likeness (QED) is 0.434. The monoisotopic (exact) mass is 554 g/mol. The predicted molar refractivity (Wildman–Crippen MR) is 159 cm³/mol. The molecular formula is C33H38N4O4. The molecule has 0 unspecified atom stereocenters. The van der Waals surface area contributed by atoms with Crippen LogP contribution in [0.5, 0.6) is 5.75 Å². The van der Waals surface area contributed by atoms with Gasteiger partial charge in [0.05, 0.1) is 13.8 Å². The summed E-state index contributed by atoms with van der Waals surface area (Å²) < 4.78 is 5.40. The summed E-state index contributed by atoms with van der Waals surface area (Å²) >= 11 is 0. The zero-order valence-corrected chi connectivity index (χ0v) is 23.8. The molecule has 1 N–H and O–H groups in total. The average molecular weight is 555 g/mol. The first-order valence-electron chi connectivity index (χ1n) is 14.3. The Morgan fingerprint density at radius 2 is 1.61 bits per heavy atom. The summed E-state index contributed by atoms with van der Waals surface area (Å²) in [4.78, 5) is 45.8. The molecule has 3 aromatic rings. The molecule has 0 radical (unpaired) electrons. The van der Waals surface area contributed by atoms with Gasteiger partial charge in [-0.3, -0.25) is 14.4 Å². The molecule has 0 aliphatic carbocycles. The number of benzene rings is 3. The third-order valence-corrected chi connectivity index (χ3v) is 8.31. The van der Waals surface area contributed by atoms with E-state index in [9.17, 15) is 14.4 Å². The lowest BCUT2D eigenvalue weighted by atomic mass is 9.85. The van der Waals surface area contributed by atoms with Crippen LogP contribution in [-0.2, 0) is 22.4 Å². The molecule has 0 bridgehead atoms. The second-order valence-electron chi connectivity index (χ2n) is 10.7. The Balaban J connectivity index is 1.25. The number of carbonyl (C=O) groups is 3. The van der Waals surface area contributed by atoms with Crippen molar-refractivity contribution in [1.82, 2.24) is 15.1 Å². The van der Waals surface area contributed by atoms with Gasteiger partial charge in [-0.1, -0.05) is 55.5 Å². The maximum atomic E-state index is 14.0. The molecule has 2 aliphatic rings. The van der Waals surface area contributed by atoms with E-state index in [0.717, 1.165) is 23.4 Å². The standard InChI is InChI=1S/C33H38N4O4/c1-3-25-13-15-27(16-14-25)31(39)35-21-18-33(19-22-35)32(40)36(24-37(33)28-10-5-4-6-11-28)23-30(38)34-20-17-26-9-7-8-12-29(26)41-2/h4-16H,3,17-24H2,1-2H3,(H,34,38). The van der Waals surface area contributed by atoms with Crippen LogP contribution in [0.25, 0.3) is 0 Å². The van der Waals surface area contributed by atoms with Crippen molar-refractivity contribution in [3.63, 3.8) is 0 Å². The van der Waals surface area contributed by atoms with Crippen LogP contribution in [0.2, 0.25) is 0 Å². The summed E-state index contributed by atoms with van der Waals surface area (Å²) in [7, 11) is 1.63. The third kappa shape index (κ3) is 5.92. The van der Waals surface area contributed by atoms with Crippen LogP contribution >= 0.6 is 0 Å². The van der Waals surface area contributed by atoms with Crippen LogP contribution in [0.4, 0.5) is 5.69 Å². The summed E-state index contributed by atoms with van der Waals surface area (Å²) in [6.45, 7) is 3.81. The molecule has 0 aromatic heterocycles. The average Bonchev–Trinajstić information content (AvgIpc) is 3.27. The van der Waals surface area contributed by atoms with E-state index >= 15 is 0 Å². The van der Waals surface area contributed by atoms with E-state index in [-0.39, 0.29) is 24.3 Å². The van der Waals surface area contributed by atoms with E-state index < -0.39 is 5.54 Å². The fourth-order valence-electron chi connectivity index (χ4n) is 5.94. The van der Waals surface area contributed by atoms with Crippen LogP contribution < -0.4 is 15.0 Å². The molecule has 0 saturated carbocycles. The summed E-state index contributed by atoms with van der Waals surface area (Å²) in [5.74, 6) is 0.535. The normalized spacial score (nSPS) is 16.2. The maximum Gasteiger partial charge on any atom is 0.253 e. The highest BCUT2D eigenvalue weighted by molar-refractivity contribution is 5.97. The van der Waals surface area contributed by atoms with Gasteiger partial charge >= 0.3 is 0 Å². The van der Waals surface area contributed by atoms with Gasteiger partial charge in [-0.2, -0.15) is 0 Å². The molecule has 8 heteroatoms. The van der Waals surface area contributed by atoms with Gasteiger partial charge in [-0.25, -0.2) is 0 Å². The van der Waals surface area contributed by atoms with E-state index in [4.69, 9.17) is 4.74 Å². The van der Waals surface area contributed by atoms with Crippen molar-refractivity contribution in [1.29, 1.82) is 0 Å². The Bertz CT molecular complexity index is 1370. The number of piperidine rings is 1. The summed E-state index contributed by atoms with van der Waals surface area (Å²) in [6.07, 6.45) is 2.57. The zero-order valence-electron chi connectivity index (χ0n) is 23.8. The molecule has 3 amide bonds. The van der Waals surface area contributed by atoms with Crippen molar-refractivity contribution < 1.29 is 19.1 Å². The highest BCUT2D eigenvalue weighted by Crippen LogP contribution is 2.39. The lowest BCUT2D eigenvalue weighted by Gasteiger charge is -2.43. The molecule has 3 aromatic carbocycles. The summed E-state index contributed by atoms with van der Waals surface area (Å²) in [6, 6.07) is 25.4. The molecule has 5 rings (SSSR count). The summed E-state index contributed by atoms with van der Waals surface area (Å²) in [5, 5.41) is 2.96. The Hall–Kier alpha value is -4.33. The Morgan fingerprint density at radius 1 is 0.927 bits per heavy atom. The van der Waals surface area contributed by atoms with Crippen molar-refractivity contribution >= 4 is 23.4 Å². The predicted octanol–water partition coefficient (Wildman–Crippen LogP) is 3.90. The minimum atomic E-state index is -0.790. The van der Waals surface area contributed by atoms with Gasteiger partial charge in [0, 0.05) is 30.9 Å². The first-order chi connectivity index (χ1) is 19.9. The van der Waals surface area contributed by atoms with Gasteiger partial charge in [0.1, 0.15) is 17.8 Å². The zero-order chi connectivity index (χ0) is 28.8. The number of anilines is 1. The first kappa shape index (κ1) is 28.2. The van der Waals surface area contributed by atoms with Crippen molar-refractivity contribution in [3.8, 4) is 5.75 Å². The minimum Gasteiger partial charge on any atom is -0.496 e. The largest absolute Gasteiger partial charge is 0.496 e. The smallest absolute Gasteiger partial charge is 0.253 e. The molecule has 1 spiro atoms. The molecule has 0 atom stereocenters. The number of nitrogens with zero attached hydrogens (tertiary/aromatic N) is 3. The molecule has 41 heavy (non-hydrogen) atoms. The third-order valence-electron chi connectivity index (χ3n) is 8.31. The highest BCUT2D eigenvalue weighted by atomic mass is 16.5. The van der Waals surface area contributed by atoms with E-state index in [1.165, 1.54) is 5.56 Å². The van der Waals surface area contributed by atoms with Crippen molar-refractivity contribution in [2.45, 2.75) is 38.1 Å².